The van der Waals surface area contributed by atoms with E-state index in [4.69, 9.17) is 27.9 Å². The monoisotopic (exact) mass is 353 g/mol. The Kier molecular flexibility index (Phi) is 5.18. The normalized spacial score (nSPS) is 18.7. The predicted molar refractivity (Wildman–Crippen MR) is 81.2 cm³/mol. The third-order valence-corrected chi connectivity index (χ3v) is 5.99. The summed E-state index contributed by atoms with van der Waals surface area (Å²) >= 11 is 11.9. The Labute approximate surface area is 134 Å². The van der Waals surface area contributed by atoms with Crippen molar-refractivity contribution in [1.29, 1.82) is 0 Å². The molecule has 0 spiro atoms. The zero-order chi connectivity index (χ0) is 15.7. The van der Waals surface area contributed by atoms with Gasteiger partial charge in [0.15, 0.2) is 0 Å². The Balaban J connectivity index is 2.35. The molecule has 1 aromatic carbocycles. The Morgan fingerprint density at radius 1 is 1.29 bits per heavy atom. The van der Waals surface area contributed by atoms with Crippen molar-refractivity contribution in [3.05, 3.63) is 27.7 Å². The van der Waals surface area contributed by atoms with Crippen LogP contribution in [0.25, 0.3) is 0 Å². The molecule has 0 aliphatic carbocycles. The molecule has 1 aromatic rings. The van der Waals surface area contributed by atoms with Crippen LogP contribution in [0.15, 0.2) is 17.0 Å². The van der Waals surface area contributed by atoms with Crippen LogP contribution in [-0.4, -0.2) is 32.3 Å². The molecule has 2 rings (SSSR count). The van der Waals surface area contributed by atoms with Crippen molar-refractivity contribution in [3.63, 3.8) is 0 Å². The number of hydrogen-bond acceptors (Lipinski definition) is 4. The summed E-state index contributed by atoms with van der Waals surface area (Å²) in [7, 11) is -3.81. The molecule has 0 amide bonds. The maximum absolute atomic E-state index is 12.5. The van der Waals surface area contributed by atoms with E-state index in [2.05, 4.69) is 4.72 Å². The van der Waals surface area contributed by atoms with Gasteiger partial charge in [0, 0.05) is 23.8 Å². The second-order valence-electron chi connectivity index (χ2n) is 5.31. The summed E-state index contributed by atoms with van der Waals surface area (Å²) in [6, 6.07) is 2.63. The average molecular weight is 354 g/mol. The predicted octanol–water partition coefficient (Wildman–Crippen LogP) is 2.33. The largest absolute Gasteiger partial charge is 0.392 e. The molecule has 0 saturated carbocycles. The van der Waals surface area contributed by atoms with Gasteiger partial charge in [0.2, 0.25) is 10.0 Å². The molecule has 1 saturated heterocycles. The lowest BCUT2D eigenvalue weighted by Crippen LogP contribution is -2.49. The fourth-order valence-electron chi connectivity index (χ4n) is 2.20. The van der Waals surface area contributed by atoms with Crippen LogP contribution in [0, 0.1) is 0 Å². The summed E-state index contributed by atoms with van der Waals surface area (Å²) in [4.78, 5) is -0.0784. The molecule has 1 heterocycles. The van der Waals surface area contributed by atoms with E-state index in [9.17, 15) is 13.5 Å². The molecule has 0 aromatic heterocycles. The Bertz CT molecular complexity index is 627. The van der Waals surface area contributed by atoms with Gasteiger partial charge >= 0.3 is 0 Å². The molecular formula is C13H17Cl2NO4S. The quantitative estimate of drug-likeness (QED) is 0.870. The van der Waals surface area contributed by atoms with Crippen molar-refractivity contribution in [3.8, 4) is 0 Å². The van der Waals surface area contributed by atoms with E-state index in [0.717, 1.165) is 0 Å². The number of sulfonamides is 1. The van der Waals surface area contributed by atoms with E-state index in [-0.39, 0.29) is 21.5 Å². The number of nitrogens with one attached hydrogen (secondary N) is 1. The van der Waals surface area contributed by atoms with Crippen LogP contribution >= 0.6 is 23.2 Å². The standard InChI is InChI=1S/C13H17Cl2NO4S/c1-13(2-4-20-5-3-13)16-21(18,19)12-6-9(8-17)10(14)7-11(12)15/h6-7,16-17H,2-5,8H2,1H3. The Hall–Kier alpha value is -0.370. The average Bonchev–Trinajstić information content (AvgIpc) is 2.38. The summed E-state index contributed by atoms with van der Waals surface area (Å²) in [6.07, 6.45) is 1.18. The zero-order valence-electron chi connectivity index (χ0n) is 11.5. The third-order valence-electron chi connectivity index (χ3n) is 3.54. The second-order valence-corrected chi connectivity index (χ2v) is 7.78. The number of aliphatic hydroxyl groups is 1. The minimum absolute atomic E-state index is 0.0281. The van der Waals surface area contributed by atoms with E-state index in [1.165, 1.54) is 12.1 Å². The number of benzene rings is 1. The van der Waals surface area contributed by atoms with Crippen LogP contribution in [0.5, 0.6) is 0 Å². The van der Waals surface area contributed by atoms with Gasteiger partial charge in [-0.2, -0.15) is 0 Å². The lowest BCUT2D eigenvalue weighted by atomic mass is 9.94. The molecule has 8 heteroatoms. The summed E-state index contributed by atoms with van der Waals surface area (Å²) in [5, 5.41) is 9.48. The lowest BCUT2D eigenvalue weighted by molar-refractivity contribution is 0.0537. The maximum Gasteiger partial charge on any atom is 0.242 e. The molecule has 118 valence electrons. The van der Waals surface area contributed by atoms with Crippen LogP contribution in [-0.2, 0) is 21.4 Å². The van der Waals surface area contributed by atoms with Crippen molar-refractivity contribution in [1.82, 2.24) is 4.72 Å². The molecule has 2 N–H and O–H groups in total. The number of halogens is 2. The molecule has 5 nitrogen and oxygen atoms in total. The van der Waals surface area contributed by atoms with E-state index in [0.29, 0.717) is 31.6 Å². The van der Waals surface area contributed by atoms with Gasteiger partial charge in [-0.1, -0.05) is 23.2 Å². The third kappa shape index (κ3) is 3.88. The second kappa shape index (κ2) is 6.40. The van der Waals surface area contributed by atoms with Gasteiger partial charge < -0.3 is 9.84 Å². The smallest absolute Gasteiger partial charge is 0.242 e. The number of rotatable bonds is 4. The minimum Gasteiger partial charge on any atom is -0.392 e. The number of hydrogen-bond donors (Lipinski definition) is 2. The maximum atomic E-state index is 12.5. The first-order chi connectivity index (χ1) is 9.77. The molecule has 0 bridgehead atoms. The molecule has 0 atom stereocenters. The Morgan fingerprint density at radius 3 is 2.48 bits per heavy atom. The van der Waals surface area contributed by atoms with Gasteiger partial charge in [-0.25, -0.2) is 13.1 Å². The highest BCUT2D eigenvalue weighted by molar-refractivity contribution is 7.89. The van der Waals surface area contributed by atoms with E-state index < -0.39 is 15.6 Å². The first-order valence-corrected chi connectivity index (χ1v) is 8.72. The lowest BCUT2D eigenvalue weighted by Gasteiger charge is -2.34. The van der Waals surface area contributed by atoms with Crippen LogP contribution < -0.4 is 4.72 Å². The molecule has 0 unspecified atom stereocenters. The summed E-state index contributed by atoms with van der Waals surface area (Å²) in [6.45, 7) is 2.50. The van der Waals surface area contributed by atoms with Gasteiger partial charge in [-0.15, -0.1) is 0 Å². The fourth-order valence-corrected chi connectivity index (χ4v) is 4.53. The number of aliphatic hydroxyl groups excluding tert-OH is 1. The summed E-state index contributed by atoms with van der Waals surface area (Å²) in [5.41, 5.74) is -0.252. The van der Waals surface area contributed by atoms with Crippen molar-refractivity contribution in [2.45, 2.75) is 36.8 Å². The summed E-state index contributed by atoms with van der Waals surface area (Å²) < 4.78 is 33.0. The molecule has 0 radical (unpaired) electrons. The van der Waals surface area contributed by atoms with Gasteiger partial charge in [0.05, 0.1) is 11.6 Å². The minimum atomic E-state index is -3.81. The van der Waals surface area contributed by atoms with Crippen LogP contribution in [0.3, 0.4) is 0 Å². The highest BCUT2D eigenvalue weighted by Gasteiger charge is 2.33. The zero-order valence-corrected chi connectivity index (χ0v) is 13.9. The van der Waals surface area contributed by atoms with Crippen molar-refractivity contribution in [2.24, 2.45) is 0 Å². The van der Waals surface area contributed by atoms with Gasteiger partial charge in [0.25, 0.3) is 0 Å². The van der Waals surface area contributed by atoms with Gasteiger partial charge in [-0.05, 0) is 37.5 Å². The van der Waals surface area contributed by atoms with Crippen LogP contribution in [0.1, 0.15) is 25.3 Å². The van der Waals surface area contributed by atoms with Gasteiger partial charge in [-0.3, -0.25) is 0 Å². The topological polar surface area (TPSA) is 75.6 Å². The molecule has 21 heavy (non-hydrogen) atoms. The van der Waals surface area contributed by atoms with E-state index in [1.807, 2.05) is 6.92 Å². The van der Waals surface area contributed by atoms with Crippen molar-refractivity contribution in [2.75, 3.05) is 13.2 Å². The highest BCUT2D eigenvalue weighted by Crippen LogP contribution is 2.30. The van der Waals surface area contributed by atoms with Crippen LogP contribution in [0.2, 0.25) is 10.0 Å². The van der Waals surface area contributed by atoms with E-state index >= 15 is 0 Å². The van der Waals surface area contributed by atoms with Gasteiger partial charge in [0.1, 0.15) is 4.90 Å². The molecule has 1 aliphatic heterocycles. The summed E-state index contributed by atoms with van der Waals surface area (Å²) in [5.74, 6) is 0. The molecule has 1 fully saturated rings. The molecular weight excluding hydrogens is 337 g/mol. The highest BCUT2D eigenvalue weighted by atomic mass is 35.5. The fraction of sp³-hybridized carbons (Fsp3) is 0.538. The first kappa shape index (κ1) is 17.0. The Morgan fingerprint density at radius 2 is 1.90 bits per heavy atom. The van der Waals surface area contributed by atoms with E-state index in [1.54, 1.807) is 0 Å². The number of ether oxygens (including phenoxy) is 1. The first-order valence-electron chi connectivity index (χ1n) is 6.48. The van der Waals surface area contributed by atoms with Crippen molar-refractivity contribution < 1.29 is 18.3 Å². The van der Waals surface area contributed by atoms with Crippen molar-refractivity contribution >= 4 is 33.2 Å². The van der Waals surface area contributed by atoms with Crippen LogP contribution in [0.4, 0.5) is 0 Å². The SMILES string of the molecule is CC1(NS(=O)(=O)c2cc(CO)c(Cl)cc2Cl)CCOCC1. The molecule has 1 aliphatic rings.